The zero-order chi connectivity index (χ0) is 25.0. The number of amides is 2. The van der Waals surface area contributed by atoms with Crippen molar-refractivity contribution < 1.29 is 33.7 Å². The van der Waals surface area contributed by atoms with Crippen LogP contribution in [0.4, 0.5) is 5.69 Å². The summed E-state index contributed by atoms with van der Waals surface area (Å²) < 4.78 is 16.0. The molecule has 0 radical (unpaired) electrons. The second-order valence-corrected chi connectivity index (χ2v) is 8.93. The Labute approximate surface area is 206 Å². The van der Waals surface area contributed by atoms with Crippen molar-refractivity contribution in [1.82, 2.24) is 5.32 Å². The number of nitrogens with one attached hydrogen (secondary N) is 1. The Bertz CT molecular complexity index is 1370. The van der Waals surface area contributed by atoms with Crippen LogP contribution in [0.15, 0.2) is 72.8 Å². The molecule has 36 heavy (non-hydrogen) atoms. The third-order valence-electron chi connectivity index (χ3n) is 7.16. The Kier molecular flexibility index (Phi) is 4.97. The second-order valence-electron chi connectivity index (χ2n) is 8.93. The van der Waals surface area contributed by atoms with E-state index in [1.54, 1.807) is 60.7 Å². The predicted molar refractivity (Wildman–Crippen MR) is 126 cm³/mol. The van der Waals surface area contributed by atoms with Crippen LogP contribution in [0.25, 0.3) is 0 Å². The van der Waals surface area contributed by atoms with Gasteiger partial charge in [0.25, 0.3) is 0 Å². The van der Waals surface area contributed by atoms with Gasteiger partial charge in [0.05, 0.1) is 24.6 Å². The first-order chi connectivity index (χ1) is 17.5. The highest BCUT2D eigenvalue weighted by atomic mass is 16.7. The van der Waals surface area contributed by atoms with Gasteiger partial charge < -0.3 is 19.3 Å². The van der Waals surface area contributed by atoms with Crippen LogP contribution in [0.2, 0.25) is 0 Å². The molecular weight excluding hydrogens is 464 g/mol. The smallest absolute Gasteiger partial charge is 0.331 e. The molecular formula is C27H22N2O7. The highest BCUT2D eigenvalue weighted by Crippen LogP contribution is 2.54. The number of hydrogen-bond donors (Lipinski definition) is 2. The van der Waals surface area contributed by atoms with Crippen molar-refractivity contribution in [3.63, 3.8) is 0 Å². The number of fused-ring (bicyclic) bond motifs is 2. The molecule has 2 amide bonds. The quantitative estimate of drug-likeness (QED) is 0.427. The van der Waals surface area contributed by atoms with Gasteiger partial charge in [-0.3, -0.25) is 14.9 Å². The molecule has 0 saturated carbocycles. The van der Waals surface area contributed by atoms with Crippen LogP contribution in [-0.2, 0) is 24.7 Å². The maximum Gasteiger partial charge on any atom is 0.331 e. The van der Waals surface area contributed by atoms with E-state index in [9.17, 15) is 19.5 Å². The van der Waals surface area contributed by atoms with Crippen LogP contribution in [0.1, 0.15) is 17.2 Å². The lowest BCUT2D eigenvalue weighted by Crippen LogP contribution is -2.53. The van der Waals surface area contributed by atoms with Gasteiger partial charge in [0.1, 0.15) is 5.75 Å². The molecule has 9 heteroatoms. The summed E-state index contributed by atoms with van der Waals surface area (Å²) in [7, 11) is 1.26. The van der Waals surface area contributed by atoms with Gasteiger partial charge in [-0.05, 0) is 35.4 Å². The molecule has 3 aliphatic rings. The number of imide groups is 1. The number of esters is 1. The maximum atomic E-state index is 14.1. The van der Waals surface area contributed by atoms with Crippen LogP contribution in [-0.4, -0.2) is 36.8 Å². The molecule has 3 aromatic rings. The fourth-order valence-corrected chi connectivity index (χ4v) is 5.59. The predicted octanol–water partition coefficient (Wildman–Crippen LogP) is 2.64. The number of carbonyl (C=O) groups excluding carboxylic acids is 3. The average molecular weight is 486 g/mol. The highest BCUT2D eigenvalue weighted by Gasteiger charge is 2.69. The molecule has 2 saturated heterocycles. The minimum Gasteiger partial charge on any atom is -0.508 e. The van der Waals surface area contributed by atoms with Gasteiger partial charge in [-0.2, -0.15) is 0 Å². The Morgan fingerprint density at radius 2 is 1.72 bits per heavy atom. The number of nitrogens with zero attached hydrogens (tertiary/aromatic N) is 1. The number of hydrogen-bond acceptors (Lipinski definition) is 8. The monoisotopic (exact) mass is 486 g/mol. The van der Waals surface area contributed by atoms with E-state index >= 15 is 0 Å². The number of anilines is 1. The zero-order valence-corrected chi connectivity index (χ0v) is 19.2. The Balaban J connectivity index is 1.53. The molecule has 3 aromatic carbocycles. The minimum atomic E-state index is -1.61. The molecule has 0 aliphatic carbocycles. The summed E-state index contributed by atoms with van der Waals surface area (Å²) in [4.78, 5) is 42.7. The maximum absolute atomic E-state index is 14.1. The molecule has 6 rings (SSSR count). The molecule has 2 N–H and O–H groups in total. The van der Waals surface area contributed by atoms with Crippen molar-refractivity contribution >= 4 is 23.5 Å². The molecule has 9 nitrogen and oxygen atoms in total. The molecule has 4 atom stereocenters. The number of benzene rings is 3. The average Bonchev–Trinajstić information content (AvgIpc) is 3.58. The van der Waals surface area contributed by atoms with Gasteiger partial charge in [0, 0.05) is 12.1 Å². The van der Waals surface area contributed by atoms with Gasteiger partial charge in [-0.1, -0.05) is 42.5 Å². The molecule has 0 unspecified atom stereocenters. The van der Waals surface area contributed by atoms with E-state index in [1.807, 2.05) is 0 Å². The largest absolute Gasteiger partial charge is 0.508 e. The van der Waals surface area contributed by atoms with E-state index < -0.39 is 41.2 Å². The Hall–Kier alpha value is -4.37. The SMILES string of the molecule is COC(=O)[C@]1(c2ccccc2)N[C@H](c2ccc(O)cc2)[C@H]2C(=O)N(c3ccc4c(c3)OCO4)C(=O)[C@@H]21. The first-order valence-corrected chi connectivity index (χ1v) is 11.4. The number of ether oxygens (including phenoxy) is 3. The van der Waals surface area contributed by atoms with Crippen LogP contribution >= 0.6 is 0 Å². The number of rotatable bonds is 4. The first kappa shape index (κ1) is 22.1. The molecule has 3 aliphatic heterocycles. The standard InChI is InChI=1S/C27H22N2O7/c1-34-26(33)27(16-5-3-2-4-6-16)22-21(23(28-27)15-7-10-18(30)11-8-15)24(31)29(25(22)32)17-9-12-19-20(13-17)36-14-35-19/h2-13,21-23,28,30H,14H2,1H3/t21-,22+,23+,27+/m0/s1. The van der Waals surface area contributed by atoms with Crippen LogP contribution in [0, 0.1) is 11.8 Å². The van der Waals surface area contributed by atoms with E-state index in [0.717, 1.165) is 4.90 Å². The van der Waals surface area contributed by atoms with Crippen LogP contribution in [0.3, 0.4) is 0 Å². The van der Waals surface area contributed by atoms with Crippen molar-refractivity contribution in [2.45, 2.75) is 11.6 Å². The van der Waals surface area contributed by atoms with Gasteiger partial charge in [-0.25, -0.2) is 9.69 Å². The number of phenolic OH excluding ortho intramolecular Hbond substituents is 1. The Morgan fingerprint density at radius 1 is 1.00 bits per heavy atom. The van der Waals surface area contributed by atoms with Crippen molar-refractivity contribution in [3.05, 3.63) is 83.9 Å². The van der Waals surface area contributed by atoms with Crippen molar-refractivity contribution in [1.29, 1.82) is 0 Å². The number of phenols is 1. The molecule has 182 valence electrons. The number of aromatic hydroxyl groups is 1. The summed E-state index contributed by atoms with van der Waals surface area (Å²) in [6, 6.07) is 19.3. The fourth-order valence-electron chi connectivity index (χ4n) is 5.59. The van der Waals surface area contributed by atoms with Crippen molar-refractivity contribution in [2.75, 3.05) is 18.8 Å². The lowest BCUT2D eigenvalue weighted by atomic mass is 9.75. The normalized spacial score (nSPS) is 26.2. The molecule has 2 fully saturated rings. The topological polar surface area (TPSA) is 114 Å². The van der Waals surface area contributed by atoms with E-state index in [0.29, 0.717) is 28.3 Å². The minimum absolute atomic E-state index is 0.0538. The van der Waals surface area contributed by atoms with Gasteiger partial charge >= 0.3 is 5.97 Å². The Morgan fingerprint density at radius 3 is 2.44 bits per heavy atom. The van der Waals surface area contributed by atoms with Gasteiger partial charge in [-0.15, -0.1) is 0 Å². The fraction of sp³-hybridized carbons (Fsp3) is 0.222. The molecule has 0 bridgehead atoms. The van der Waals surface area contributed by atoms with E-state index in [-0.39, 0.29) is 12.5 Å². The molecule has 3 heterocycles. The zero-order valence-electron chi connectivity index (χ0n) is 19.2. The van der Waals surface area contributed by atoms with E-state index in [4.69, 9.17) is 14.2 Å². The summed E-state index contributed by atoms with van der Waals surface area (Å²) in [5, 5.41) is 13.1. The summed E-state index contributed by atoms with van der Waals surface area (Å²) in [6.45, 7) is 0.0538. The lowest BCUT2D eigenvalue weighted by Gasteiger charge is -2.33. The summed E-state index contributed by atoms with van der Waals surface area (Å²) >= 11 is 0. The number of carbonyl (C=O) groups is 3. The first-order valence-electron chi connectivity index (χ1n) is 11.4. The second kappa shape index (κ2) is 8.10. The van der Waals surface area contributed by atoms with Crippen molar-refractivity contribution in [2.24, 2.45) is 11.8 Å². The summed E-state index contributed by atoms with van der Waals surface area (Å²) in [6.07, 6.45) is 0. The number of methoxy groups -OCH3 is 1. The third-order valence-corrected chi connectivity index (χ3v) is 7.16. The molecule has 0 spiro atoms. The summed E-state index contributed by atoms with van der Waals surface area (Å²) in [5.74, 6) is -2.61. The highest BCUT2D eigenvalue weighted by molar-refractivity contribution is 6.24. The molecule has 0 aromatic heterocycles. The van der Waals surface area contributed by atoms with Crippen molar-refractivity contribution in [3.8, 4) is 17.2 Å². The van der Waals surface area contributed by atoms with E-state index in [2.05, 4.69) is 5.32 Å². The van der Waals surface area contributed by atoms with Gasteiger partial charge in [0.15, 0.2) is 17.0 Å². The van der Waals surface area contributed by atoms with E-state index in [1.165, 1.54) is 19.2 Å². The lowest BCUT2D eigenvalue weighted by molar-refractivity contribution is -0.152. The van der Waals surface area contributed by atoms with Gasteiger partial charge in [0.2, 0.25) is 18.6 Å². The van der Waals surface area contributed by atoms with Crippen LogP contribution in [0.5, 0.6) is 17.2 Å². The van der Waals surface area contributed by atoms with Crippen LogP contribution < -0.4 is 19.7 Å². The third kappa shape index (κ3) is 3.02. The summed E-state index contributed by atoms with van der Waals surface area (Å²) in [5.41, 5.74) is -0.110.